The smallest absolute Gasteiger partial charge is 0.258 e. The Balaban J connectivity index is 1.37. The van der Waals surface area contributed by atoms with Gasteiger partial charge in [0, 0.05) is 30.1 Å². The number of nitrogens with one attached hydrogen (secondary N) is 3. The molecule has 3 aromatic carbocycles. The van der Waals surface area contributed by atoms with Gasteiger partial charge in [-0.25, -0.2) is 0 Å². The van der Waals surface area contributed by atoms with Gasteiger partial charge in [0.25, 0.3) is 5.91 Å². The van der Waals surface area contributed by atoms with Crippen LogP contribution in [0.2, 0.25) is 0 Å². The van der Waals surface area contributed by atoms with E-state index < -0.39 is 0 Å². The van der Waals surface area contributed by atoms with Crippen molar-refractivity contribution in [1.29, 1.82) is 5.26 Å². The van der Waals surface area contributed by atoms with Crippen molar-refractivity contribution < 1.29 is 19.1 Å². The summed E-state index contributed by atoms with van der Waals surface area (Å²) in [6.07, 6.45) is 3.31. The van der Waals surface area contributed by atoms with Crippen molar-refractivity contribution in [1.82, 2.24) is 15.6 Å². The van der Waals surface area contributed by atoms with Crippen molar-refractivity contribution in [3.05, 3.63) is 95.7 Å². The Morgan fingerprint density at radius 2 is 1.74 bits per heavy atom. The van der Waals surface area contributed by atoms with E-state index in [0.29, 0.717) is 30.6 Å². The zero-order valence-electron chi connectivity index (χ0n) is 21.2. The maximum Gasteiger partial charge on any atom is 0.258 e. The highest BCUT2D eigenvalue weighted by Crippen LogP contribution is 2.20. The van der Waals surface area contributed by atoms with Crippen LogP contribution in [0.25, 0.3) is 10.9 Å². The maximum absolute atomic E-state index is 12.7. The molecule has 2 amide bonds. The van der Waals surface area contributed by atoms with E-state index in [1.165, 1.54) is 0 Å². The number of aryl methyl sites for hydroxylation is 1. The summed E-state index contributed by atoms with van der Waals surface area (Å²) in [5.74, 6) is 0.842. The monoisotopic (exact) mass is 510 g/mol. The van der Waals surface area contributed by atoms with Crippen LogP contribution in [0.5, 0.6) is 11.5 Å². The first-order valence-electron chi connectivity index (χ1n) is 12.4. The Bertz CT molecular complexity index is 1420. The summed E-state index contributed by atoms with van der Waals surface area (Å²) in [6, 6.07) is 23.9. The lowest BCUT2D eigenvalue weighted by Crippen LogP contribution is -2.46. The Hall–Kier alpha value is -4.77. The van der Waals surface area contributed by atoms with Crippen molar-refractivity contribution >= 4 is 22.7 Å². The molecule has 0 saturated heterocycles. The van der Waals surface area contributed by atoms with Crippen LogP contribution in [0.15, 0.2) is 79.0 Å². The quantitative estimate of drug-likeness (QED) is 0.267. The molecule has 38 heavy (non-hydrogen) atoms. The van der Waals surface area contributed by atoms with Crippen LogP contribution >= 0.6 is 0 Å². The molecule has 1 atom stereocenters. The topological polar surface area (TPSA) is 116 Å². The fraction of sp³-hybridized carbons (Fsp3) is 0.233. The van der Waals surface area contributed by atoms with Gasteiger partial charge in [0.15, 0.2) is 6.61 Å². The normalized spacial score (nSPS) is 11.4. The number of fused-ring (bicyclic) bond motifs is 1. The van der Waals surface area contributed by atoms with E-state index in [0.717, 1.165) is 27.8 Å². The molecule has 0 aliphatic rings. The number of nitrogens with zero attached hydrogens (tertiary/aromatic N) is 1. The Morgan fingerprint density at radius 1 is 0.974 bits per heavy atom. The van der Waals surface area contributed by atoms with Crippen LogP contribution < -0.4 is 20.1 Å². The van der Waals surface area contributed by atoms with Gasteiger partial charge in [0.2, 0.25) is 5.91 Å². The molecule has 0 bridgehead atoms. The minimum atomic E-state index is -0.346. The number of benzene rings is 3. The number of amides is 2. The van der Waals surface area contributed by atoms with Gasteiger partial charge in [0.05, 0.1) is 24.8 Å². The molecule has 3 N–H and O–H groups in total. The molecule has 4 aromatic rings. The predicted octanol–water partition coefficient (Wildman–Crippen LogP) is 3.90. The molecule has 1 aromatic heterocycles. The summed E-state index contributed by atoms with van der Waals surface area (Å²) in [5.41, 5.74) is 3.54. The van der Waals surface area contributed by atoms with Crippen LogP contribution in [0, 0.1) is 11.3 Å². The van der Waals surface area contributed by atoms with Crippen molar-refractivity contribution in [3.63, 3.8) is 0 Å². The summed E-state index contributed by atoms with van der Waals surface area (Å²) in [4.78, 5) is 28.7. The molecule has 4 rings (SSSR count). The molecule has 0 radical (unpaired) electrons. The van der Waals surface area contributed by atoms with E-state index in [4.69, 9.17) is 14.7 Å². The second-order valence-corrected chi connectivity index (χ2v) is 8.87. The molecule has 0 saturated carbocycles. The second kappa shape index (κ2) is 13.0. The third kappa shape index (κ3) is 7.14. The highest BCUT2D eigenvalue weighted by molar-refractivity contribution is 5.83. The summed E-state index contributed by atoms with van der Waals surface area (Å²) in [5, 5.41) is 16.0. The number of aromatic nitrogens is 1. The van der Waals surface area contributed by atoms with Gasteiger partial charge in [-0.2, -0.15) is 5.26 Å². The van der Waals surface area contributed by atoms with Crippen LogP contribution in [-0.2, 0) is 22.4 Å². The largest absolute Gasteiger partial charge is 0.496 e. The first-order valence-corrected chi connectivity index (χ1v) is 12.4. The number of rotatable bonds is 12. The molecule has 0 fully saturated rings. The molecular weight excluding hydrogens is 480 g/mol. The number of carbonyl (C=O) groups is 2. The Morgan fingerprint density at radius 3 is 2.53 bits per heavy atom. The van der Waals surface area contributed by atoms with Crippen LogP contribution in [0.4, 0.5) is 0 Å². The van der Waals surface area contributed by atoms with Gasteiger partial charge in [-0.3, -0.25) is 9.59 Å². The van der Waals surface area contributed by atoms with E-state index in [2.05, 4.69) is 15.6 Å². The first-order chi connectivity index (χ1) is 18.6. The molecule has 1 heterocycles. The summed E-state index contributed by atoms with van der Waals surface area (Å²) < 4.78 is 11.0. The fourth-order valence-electron chi connectivity index (χ4n) is 4.27. The third-order valence-corrected chi connectivity index (χ3v) is 6.22. The fourth-order valence-corrected chi connectivity index (χ4v) is 4.27. The van der Waals surface area contributed by atoms with Gasteiger partial charge in [0.1, 0.15) is 11.5 Å². The SMILES string of the molecule is COc1ccccc1CCC(=O)NCC(Cc1c[nH]c2ccccc12)NC(=O)COc1ccc(C#N)cc1. The van der Waals surface area contributed by atoms with Gasteiger partial charge >= 0.3 is 0 Å². The average Bonchev–Trinajstić information content (AvgIpc) is 3.36. The zero-order chi connectivity index (χ0) is 26.7. The number of methoxy groups -OCH3 is 1. The minimum absolute atomic E-state index is 0.108. The van der Waals surface area contributed by atoms with Gasteiger partial charge < -0.3 is 25.1 Å². The van der Waals surface area contributed by atoms with E-state index >= 15 is 0 Å². The predicted molar refractivity (Wildman–Crippen MR) is 145 cm³/mol. The molecule has 8 nitrogen and oxygen atoms in total. The lowest BCUT2D eigenvalue weighted by atomic mass is 10.0. The number of aromatic amines is 1. The lowest BCUT2D eigenvalue weighted by molar-refractivity contribution is -0.125. The number of para-hydroxylation sites is 2. The standard InChI is InChI=1S/C30H30N4O4/c1-37-28-9-5-2-6-22(28)12-15-29(35)33-19-24(16-23-18-32-27-8-4-3-7-26(23)27)34-30(36)20-38-25-13-10-21(17-31)11-14-25/h2-11,13-14,18,24,32H,12,15-16,19-20H2,1H3,(H,33,35)(H,34,36). The number of H-pyrrole nitrogens is 1. The van der Waals surface area contributed by atoms with Crippen molar-refractivity contribution in [3.8, 4) is 17.6 Å². The van der Waals surface area contributed by atoms with Gasteiger partial charge in [-0.15, -0.1) is 0 Å². The summed E-state index contributed by atoms with van der Waals surface area (Å²) in [7, 11) is 1.61. The number of carbonyl (C=O) groups excluding carboxylic acids is 2. The van der Waals surface area contributed by atoms with Gasteiger partial charge in [-0.1, -0.05) is 36.4 Å². The minimum Gasteiger partial charge on any atom is -0.496 e. The first kappa shape index (κ1) is 26.3. The molecule has 0 aliphatic carbocycles. The number of ether oxygens (including phenoxy) is 2. The van der Waals surface area contributed by atoms with E-state index in [9.17, 15) is 9.59 Å². The van der Waals surface area contributed by atoms with Crippen LogP contribution in [0.3, 0.4) is 0 Å². The maximum atomic E-state index is 12.7. The highest BCUT2D eigenvalue weighted by Gasteiger charge is 2.17. The number of hydrogen-bond donors (Lipinski definition) is 3. The van der Waals surface area contributed by atoms with Crippen molar-refractivity contribution in [2.45, 2.75) is 25.3 Å². The third-order valence-electron chi connectivity index (χ3n) is 6.22. The van der Waals surface area contributed by atoms with Crippen LogP contribution in [0.1, 0.15) is 23.1 Å². The Labute approximate surface area is 221 Å². The summed E-state index contributed by atoms with van der Waals surface area (Å²) >= 11 is 0. The molecule has 0 spiro atoms. The van der Waals surface area contributed by atoms with Crippen molar-refractivity contribution in [2.75, 3.05) is 20.3 Å². The highest BCUT2D eigenvalue weighted by atomic mass is 16.5. The van der Waals surface area contributed by atoms with E-state index in [1.54, 1.807) is 31.4 Å². The lowest BCUT2D eigenvalue weighted by Gasteiger charge is -2.20. The van der Waals surface area contributed by atoms with Crippen molar-refractivity contribution in [2.24, 2.45) is 0 Å². The number of nitriles is 1. The molecule has 8 heteroatoms. The number of hydrogen-bond acceptors (Lipinski definition) is 5. The Kier molecular flexibility index (Phi) is 8.98. The molecule has 1 unspecified atom stereocenters. The van der Waals surface area contributed by atoms with Gasteiger partial charge in [-0.05, 0) is 60.4 Å². The molecular formula is C30H30N4O4. The van der Waals surface area contributed by atoms with E-state index in [-0.39, 0.29) is 31.0 Å². The second-order valence-electron chi connectivity index (χ2n) is 8.87. The van der Waals surface area contributed by atoms with E-state index in [1.807, 2.05) is 60.8 Å². The van der Waals surface area contributed by atoms with Crippen LogP contribution in [-0.4, -0.2) is 43.1 Å². The average molecular weight is 511 g/mol. The summed E-state index contributed by atoms with van der Waals surface area (Å²) in [6.45, 7) is 0.0882. The zero-order valence-corrected chi connectivity index (χ0v) is 21.2. The molecule has 0 aliphatic heterocycles. The molecule has 194 valence electrons.